The number of nitrogens with zero attached hydrogens (tertiary/aromatic N) is 1. The van der Waals surface area contributed by atoms with Crippen molar-refractivity contribution in [1.82, 2.24) is 4.90 Å². The van der Waals surface area contributed by atoms with Gasteiger partial charge in [-0.2, -0.15) is 0 Å². The average Bonchev–Trinajstić information content (AvgIpc) is 2.42. The zero-order chi connectivity index (χ0) is 13.9. The van der Waals surface area contributed by atoms with Gasteiger partial charge in [-0.1, -0.05) is 25.5 Å². The summed E-state index contributed by atoms with van der Waals surface area (Å²) in [5.74, 6) is 0.509. The van der Waals surface area contributed by atoms with Gasteiger partial charge < -0.3 is 10.0 Å². The maximum Gasteiger partial charge on any atom is 0.219 e. The molecule has 0 aliphatic carbocycles. The van der Waals surface area contributed by atoms with E-state index in [0.29, 0.717) is 11.2 Å². The number of rotatable bonds is 3. The number of carbonyl (C=O) groups is 1. The van der Waals surface area contributed by atoms with Crippen molar-refractivity contribution in [3.8, 4) is 5.75 Å². The summed E-state index contributed by atoms with van der Waals surface area (Å²) in [7, 11) is 0. The second-order valence-electron chi connectivity index (χ2n) is 5.70. The predicted molar refractivity (Wildman–Crippen MR) is 76.0 cm³/mol. The molecule has 1 N–H and O–H groups in total. The number of aromatic hydroxyl groups is 1. The van der Waals surface area contributed by atoms with Gasteiger partial charge in [0.15, 0.2) is 0 Å². The highest BCUT2D eigenvalue weighted by Crippen LogP contribution is 2.38. The number of phenols is 1. The summed E-state index contributed by atoms with van der Waals surface area (Å²) in [6, 6.07) is 7.51. The topological polar surface area (TPSA) is 40.5 Å². The fourth-order valence-corrected chi connectivity index (χ4v) is 3.00. The Balaban J connectivity index is 2.04. The number of phenolic OH excluding ortho intramolecular Hbond substituents is 1. The smallest absolute Gasteiger partial charge is 0.219 e. The SMILES string of the molecule is CCC1(Cc2ccc(O)cc2)CCN(C(C)=O)CC1. The Morgan fingerprint density at radius 1 is 1.26 bits per heavy atom. The van der Waals surface area contributed by atoms with Crippen molar-refractivity contribution in [3.05, 3.63) is 29.8 Å². The number of hydrogen-bond donors (Lipinski definition) is 1. The number of carbonyl (C=O) groups excluding carboxylic acids is 1. The van der Waals surface area contributed by atoms with Crippen molar-refractivity contribution in [2.24, 2.45) is 5.41 Å². The molecule has 1 aromatic rings. The van der Waals surface area contributed by atoms with Crippen molar-refractivity contribution in [2.45, 2.75) is 39.5 Å². The van der Waals surface area contributed by atoms with Crippen LogP contribution in [-0.2, 0) is 11.2 Å². The molecule has 1 amide bonds. The van der Waals surface area contributed by atoms with Crippen LogP contribution in [0.4, 0.5) is 0 Å². The predicted octanol–water partition coefficient (Wildman–Crippen LogP) is 2.97. The second kappa shape index (κ2) is 5.64. The van der Waals surface area contributed by atoms with Crippen LogP contribution < -0.4 is 0 Å². The van der Waals surface area contributed by atoms with Gasteiger partial charge in [0.25, 0.3) is 0 Å². The van der Waals surface area contributed by atoms with Crippen LogP contribution in [0, 0.1) is 5.41 Å². The van der Waals surface area contributed by atoms with Crippen molar-refractivity contribution in [1.29, 1.82) is 0 Å². The van der Waals surface area contributed by atoms with E-state index < -0.39 is 0 Å². The van der Waals surface area contributed by atoms with E-state index in [-0.39, 0.29) is 5.91 Å². The summed E-state index contributed by atoms with van der Waals surface area (Å²) in [6.45, 7) is 5.64. The Bertz CT molecular complexity index is 431. The minimum atomic E-state index is 0.189. The van der Waals surface area contributed by atoms with Crippen molar-refractivity contribution in [3.63, 3.8) is 0 Å². The molecule has 2 rings (SSSR count). The fraction of sp³-hybridized carbons (Fsp3) is 0.562. The Hall–Kier alpha value is -1.51. The van der Waals surface area contributed by atoms with Crippen LogP contribution >= 0.6 is 0 Å². The van der Waals surface area contributed by atoms with Crippen LogP contribution in [0.1, 0.15) is 38.7 Å². The standard InChI is InChI=1S/C16H23NO2/c1-3-16(8-10-17(11-9-16)13(2)18)12-14-4-6-15(19)7-5-14/h4-7,19H,3,8-12H2,1-2H3. The number of hydrogen-bond acceptors (Lipinski definition) is 2. The molecule has 104 valence electrons. The summed E-state index contributed by atoms with van der Waals surface area (Å²) in [5.41, 5.74) is 1.58. The molecule has 0 spiro atoms. The molecule has 0 atom stereocenters. The summed E-state index contributed by atoms with van der Waals surface area (Å²) < 4.78 is 0. The molecule has 1 saturated heterocycles. The highest BCUT2D eigenvalue weighted by Gasteiger charge is 2.33. The normalized spacial score (nSPS) is 18.3. The fourth-order valence-electron chi connectivity index (χ4n) is 3.00. The molecule has 0 unspecified atom stereocenters. The number of amides is 1. The summed E-state index contributed by atoms with van der Waals surface area (Å²) >= 11 is 0. The third kappa shape index (κ3) is 3.28. The third-order valence-corrected chi connectivity index (χ3v) is 4.53. The molecule has 1 aliphatic rings. The van der Waals surface area contributed by atoms with Gasteiger partial charge in [-0.25, -0.2) is 0 Å². The highest BCUT2D eigenvalue weighted by molar-refractivity contribution is 5.73. The Morgan fingerprint density at radius 2 is 1.84 bits per heavy atom. The van der Waals surface area contributed by atoms with Crippen LogP contribution in [0.2, 0.25) is 0 Å². The van der Waals surface area contributed by atoms with Crippen molar-refractivity contribution < 1.29 is 9.90 Å². The van der Waals surface area contributed by atoms with Crippen LogP contribution in [0.25, 0.3) is 0 Å². The molecule has 0 aromatic heterocycles. The van der Waals surface area contributed by atoms with E-state index in [1.165, 1.54) is 5.56 Å². The van der Waals surface area contributed by atoms with Gasteiger partial charge >= 0.3 is 0 Å². The van der Waals surface area contributed by atoms with Gasteiger partial charge in [-0.3, -0.25) is 4.79 Å². The molecule has 0 saturated carbocycles. The van der Waals surface area contributed by atoms with Gasteiger partial charge in [-0.05, 0) is 42.4 Å². The second-order valence-corrected chi connectivity index (χ2v) is 5.70. The maximum absolute atomic E-state index is 11.4. The Labute approximate surface area is 115 Å². The average molecular weight is 261 g/mol. The van der Waals surface area contributed by atoms with E-state index >= 15 is 0 Å². The first-order valence-corrected chi connectivity index (χ1v) is 7.08. The Morgan fingerprint density at radius 3 is 2.32 bits per heavy atom. The van der Waals surface area contributed by atoms with Crippen LogP contribution in [0.5, 0.6) is 5.75 Å². The summed E-state index contributed by atoms with van der Waals surface area (Å²) in [5, 5.41) is 9.34. The molecule has 1 aromatic carbocycles. The van der Waals surface area contributed by atoms with Crippen LogP contribution in [0.3, 0.4) is 0 Å². The van der Waals surface area contributed by atoms with E-state index in [1.54, 1.807) is 19.1 Å². The monoisotopic (exact) mass is 261 g/mol. The largest absolute Gasteiger partial charge is 0.508 e. The quantitative estimate of drug-likeness (QED) is 0.908. The first-order chi connectivity index (χ1) is 9.04. The molecule has 1 aliphatic heterocycles. The number of likely N-dealkylation sites (tertiary alicyclic amines) is 1. The zero-order valence-corrected chi connectivity index (χ0v) is 11.9. The molecular formula is C16H23NO2. The molecule has 0 radical (unpaired) electrons. The van der Waals surface area contributed by atoms with Gasteiger partial charge in [0.1, 0.15) is 5.75 Å². The van der Waals surface area contributed by atoms with Crippen molar-refractivity contribution in [2.75, 3.05) is 13.1 Å². The van der Waals surface area contributed by atoms with Crippen LogP contribution in [-0.4, -0.2) is 29.0 Å². The maximum atomic E-state index is 11.4. The van der Waals surface area contributed by atoms with E-state index in [2.05, 4.69) is 6.92 Å². The molecule has 3 heteroatoms. The van der Waals surface area contributed by atoms with Gasteiger partial charge in [0.2, 0.25) is 5.91 Å². The lowest BCUT2D eigenvalue weighted by Gasteiger charge is -2.41. The molecule has 19 heavy (non-hydrogen) atoms. The van der Waals surface area contributed by atoms with E-state index in [1.807, 2.05) is 17.0 Å². The number of piperidine rings is 1. The lowest BCUT2D eigenvalue weighted by atomic mass is 9.72. The Kier molecular flexibility index (Phi) is 4.13. The third-order valence-electron chi connectivity index (χ3n) is 4.53. The van der Waals surface area contributed by atoms with E-state index in [0.717, 1.165) is 38.8 Å². The lowest BCUT2D eigenvalue weighted by Crippen LogP contribution is -2.43. The molecule has 1 fully saturated rings. The molecular weight excluding hydrogens is 238 g/mol. The van der Waals surface area contributed by atoms with Crippen molar-refractivity contribution >= 4 is 5.91 Å². The van der Waals surface area contributed by atoms with E-state index in [9.17, 15) is 9.90 Å². The summed E-state index contributed by atoms with van der Waals surface area (Å²) in [6.07, 6.45) is 4.32. The summed E-state index contributed by atoms with van der Waals surface area (Å²) in [4.78, 5) is 13.3. The molecule has 1 heterocycles. The minimum absolute atomic E-state index is 0.189. The van der Waals surface area contributed by atoms with Gasteiger partial charge in [0, 0.05) is 20.0 Å². The lowest BCUT2D eigenvalue weighted by molar-refractivity contribution is -0.131. The van der Waals surface area contributed by atoms with Crippen LogP contribution in [0.15, 0.2) is 24.3 Å². The number of benzene rings is 1. The van der Waals surface area contributed by atoms with Gasteiger partial charge in [-0.15, -0.1) is 0 Å². The zero-order valence-electron chi connectivity index (χ0n) is 11.9. The van der Waals surface area contributed by atoms with Gasteiger partial charge in [0.05, 0.1) is 0 Å². The molecule has 3 nitrogen and oxygen atoms in total. The highest BCUT2D eigenvalue weighted by atomic mass is 16.3. The minimum Gasteiger partial charge on any atom is -0.508 e. The molecule has 0 bridgehead atoms. The first-order valence-electron chi connectivity index (χ1n) is 7.08. The van der Waals surface area contributed by atoms with E-state index in [4.69, 9.17) is 0 Å². The first kappa shape index (κ1) is 13.9.